The number of hydrogen-bond donors (Lipinski definition) is 0. The lowest BCUT2D eigenvalue weighted by molar-refractivity contribution is -0.0175. The minimum Gasteiger partial charge on any atom is -0.465 e. The maximum atomic E-state index is 12.2. The molecule has 0 bridgehead atoms. The standard InChI is InChI=1S/C21H23N3O3S/c1-12-10-24(11-16(27-12)15-8-6-5-7-9-15)19-17-13(2)18(21(25)26-4)28-20(17)23-14(3)22-19/h5-9,12,16H,10-11H2,1-4H3. The zero-order valence-electron chi connectivity index (χ0n) is 16.4. The first-order valence-electron chi connectivity index (χ1n) is 9.29. The molecule has 0 aliphatic carbocycles. The second-order valence-electron chi connectivity index (χ2n) is 7.07. The zero-order chi connectivity index (χ0) is 19.8. The number of carbonyl (C=O) groups excluding carboxylic acids is 1. The molecule has 146 valence electrons. The number of aromatic nitrogens is 2. The monoisotopic (exact) mass is 397 g/mol. The summed E-state index contributed by atoms with van der Waals surface area (Å²) in [6.07, 6.45) is 0.0255. The number of benzene rings is 1. The summed E-state index contributed by atoms with van der Waals surface area (Å²) in [6, 6.07) is 10.2. The Morgan fingerprint density at radius 3 is 2.68 bits per heavy atom. The molecule has 2 unspecified atom stereocenters. The average molecular weight is 398 g/mol. The van der Waals surface area contributed by atoms with Crippen molar-refractivity contribution in [2.24, 2.45) is 0 Å². The molecule has 0 N–H and O–H groups in total. The molecule has 2 aromatic heterocycles. The van der Waals surface area contributed by atoms with E-state index in [0.717, 1.165) is 33.7 Å². The van der Waals surface area contributed by atoms with Crippen LogP contribution in [0.5, 0.6) is 0 Å². The highest BCUT2D eigenvalue weighted by Crippen LogP contribution is 2.38. The highest BCUT2D eigenvalue weighted by molar-refractivity contribution is 7.20. The van der Waals surface area contributed by atoms with Crippen LogP contribution in [0.4, 0.5) is 5.82 Å². The van der Waals surface area contributed by atoms with Crippen molar-refractivity contribution >= 4 is 33.3 Å². The molecule has 28 heavy (non-hydrogen) atoms. The van der Waals surface area contributed by atoms with Gasteiger partial charge in [0.25, 0.3) is 0 Å². The van der Waals surface area contributed by atoms with Gasteiger partial charge in [-0.25, -0.2) is 14.8 Å². The number of thiophene rings is 1. The van der Waals surface area contributed by atoms with Crippen LogP contribution in [0.1, 0.15) is 39.7 Å². The summed E-state index contributed by atoms with van der Waals surface area (Å²) in [7, 11) is 1.40. The summed E-state index contributed by atoms with van der Waals surface area (Å²) in [5, 5.41) is 0.928. The van der Waals surface area contributed by atoms with Gasteiger partial charge in [0.05, 0.1) is 18.6 Å². The fourth-order valence-electron chi connectivity index (χ4n) is 3.71. The van der Waals surface area contributed by atoms with Crippen molar-refractivity contribution in [3.63, 3.8) is 0 Å². The first-order chi connectivity index (χ1) is 13.5. The minimum atomic E-state index is -0.332. The zero-order valence-corrected chi connectivity index (χ0v) is 17.2. The summed E-state index contributed by atoms with van der Waals surface area (Å²) in [6.45, 7) is 7.33. The Morgan fingerprint density at radius 2 is 1.96 bits per heavy atom. The van der Waals surface area contributed by atoms with Crippen molar-refractivity contribution in [3.8, 4) is 0 Å². The number of aryl methyl sites for hydroxylation is 2. The normalized spacial score (nSPS) is 19.8. The number of morpholine rings is 1. The summed E-state index contributed by atoms with van der Waals surface area (Å²) >= 11 is 1.36. The molecule has 7 heteroatoms. The van der Waals surface area contributed by atoms with Crippen molar-refractivity contribution < 1.29 is 14.3 Å². The highest BCUT2D eigenvalue weighted by atomic mass is 32.1. The summed E-state index contributed by atoms with van der Waals surface area (Å²) in [5.41, 5.74) is 2.02. The third-order valence-corrected chi connectivity index (χ3v) is 6.15. The lowest BCUT2D eigenvalue weighted by atomic mass is 10.1. The maximum absolute atomic E-state index is 12.2. The fourth-order valence-corrected chi connectivity index (χ4v) is 4.85. The molecule has 3 heterocycles. The van der Waals surface area contributed by atoms with Gasteiger partial charge in [-0.05, 0) is 31.9 Å². The van der Waals surface area contributed by atoms with Gasteiger partial charge in [0, 0.05) is 13.1 Å². The minimum absolute atomic E-state index is 0.0331. The number of carbonyl (C=O) groups is 1. The topological polar surface area (TPSA) is 64.5 Å². The predicted molar refractivity (Wildman–Crippen MR) is 110 cm³/mol. The summed E-state index contributed by atoms with van der Waals surface area (Å²) in [4.78, 5) is 25.2. The van der Waals surface area contributed by atoms with Crippen LogP contribution >= 0.6 is 11.3 Å². The molecular formula is C21H23N3O3S. The summed E-state index contributed by atoms with van der Waals surface area (Å²) < 4.78 is 11.1. The van der Waals surface area contributed by atoms with Crippen molar-refractivity contribution in [3.05, 3.63) is 52.2 Å². The molecule has 0 spiro atoms. The molecule has 1 saturated heterocycles. The SMILES string of the molecule is COC(=O)c1sc2nc(C)nc(N3CC(C)OC(c4ccccc4)C3)c2c1C. The number of methoxy groups -OCH3 is 1. The van der Waals surface area contributed by atoms with E-state index >= 15 is 0 Å². The molecule has 4 rings (SSSR count). The van der Waals surface area contributed by atoms with Gasteiger partial charge >= 0.3 is 5.97 Å². The van der Waals surface area contributed by atoms with E-state index in [4.69, 9.17) is 14.5 Å². The van der Waals surface area contributed by atoms with E-state index in [0.29, 0.717) is 17.2 Å². The van der Waals surface area contributed by atoms with E-state index in [1.807, 2.05) is 32.0 Å². The van der Waals surface area contributed by atoms with Crippen LogP contribution in [0.2, 0.25) is 0 Å². The maximum Gasteiger partial charge on any atom is 0.348 e. The Balaban J connectivity index is 1.79. The Morgan fingerprint density at radius 1 is 1.21 bits per heavy atom. The van der Waals surface area contributed by atoms with Crippen LogP contribution in [0, 0.1) is 13.8 Å². The van der Waals surface area contributed by atoms with Gasteiger partial charge in [0.2, 0.25) is 0 Å². The predicted octanol–water partition coefficient (Wildman–Crippen LogP) is 4.06. The van der Waals surface area contributed by atoms with E-state index in [-0.39, 0.29) is 18.2 Å². The number of esters is 1. The van der Waals surface area contributed by atoms with Gasteiger partial charge in [-0.3, -0.25) is 0 Å². The van der Waals surface area contributed by atoms with Crippen LogP contribution in [0.3, 0.4) is 0 Å². The van der Waals surface area contributed by atoms with Gasteiger partial charge in [-0.1, -0.05) is 30.3 Å². The second kappa shape index (κ2) is 7.48. The lowest BCUT2D eigenvalue weighted by Crippen LogP contribution is -2.43. The molecule has 6 nitrogen and oxygen atoms in total. The van der Waals surface area contributed by atoms with Crippen LogP contribution in [-0.2, 0) is 9.47 Å². The third kappa shape index (κ3) is 3.36. The van der Waals surface area contributed by atoms with E-state index < -0.39 is 0 Å². The Bertz CT molecular complexity index is 1020. The number of nitrogens with zero attached hydrogens (tertiary/aromatic N) is 3. The molecule has 1 fully saturated rings. The highest BCUT2D eigenvalue weighted by Gasteiger charge is 2.30. The quantitative estimate of drug-likeness (QED) is 0.621. The third-order valence-electron chi connectivity index (χ3n) is 4.98. The van der Waals surface area contributed by atoms with Crippen LogP contribution in [-0.4, -0.2) is 42.2 Å². The molecule has 1 aliphatic rings. The van der Waals surface area contributed by atoms with Crippen molar-refractivity contribution in [2.75, 3.05) is 25.1 Å². The van der Waals surface area contributed by atoms with E-state index in [9.17, 15) is 4.79 Å². The molecule has 0 radical (unpaired) electrons. The van der Waals surface area contributed by atoms with Crippen molar-refractivity contribution in [1.82, 2.24) is 9.97 Å². The second-order valence-corrected chi connectivity index (χ2v) is 8.07. The Kier molecular flexibility index (Phi) is 5.03. The first-order valence-corrected chi connectivity index (χ1v) is 10.1. The van der Waals surface area contributed by atoms with E-state index in [1.165, 1.54) is 18.4 Å². The molecule has 3 aromatic rings. The lowest BCUT2D eigenvalue weighted by Gasteiger charge is -2.38. The molecule has 1 aromatic carbocycles. The van der Waals surface area contributed by atoms with Gasteiger partial charge in [0.1, 0.15) is 27.5 Å². The van der Waals surface area contributed by atoms with Crippen molar-refractivity contribution in [2.45, 2.75) is 33.0 Å². The molecule has 1 aliphatic heterocycles. The Labute approximate surface area is 168 Å². The van der Waals surface area contributed by atoms with Gasteiger partial charge in [0.15, 0.2) is 0 Å². The van der Waals surface area contributed by atoms with Crippen LogP contribution < -0.4 is 4.90 Å². The molecule has 0 amide bonds. The molecule has 0 saturated carbocycles. The van der Waals surface area contributed by atoms with E-state index in [1.54, 1.807) is 0 Å². The van der Waals surface area contributed by atoms with Gasteiger partial charge < -0.3 is 14.4 Å². The number of hydrogen-bond acceptors (Lipinski definition) is 7. The van der Waals surface area contributed by atoms with Gasteiger partial charge in [-0.2, -0.15) is 0 Å². The summed E-state index contributed by atoms with van der Waals surface area (Å²) in [5.74, 6) is 1.22. The largest absolute Gasteiger partial charge is 0.465 e. The molecular weight excluding hydrogens is 374 g/mol. The molecule has 2 atom stereocenters. The first kappa shape index (κ1) is 18.8. The number of fused-ring (bicyclic) bond motifs is 1. The van der Waals surface area contributed by atoms with Gasteiger partial charge in [-0.15, -0.1) is 11.3 Å². The van der Waals surface area contributed by atoms with Crippen LogP contribution in [0.25, 0.3) is 10.2 Å². The smallest absolute Gasteiger partial charge is 0.348 e. The Hall–Kier alpha value is -2.51. The number of anilines is 1. The average Bonchev–Trinajstić information content (AvgIpc) is 3.03. The number of ether oxygens (including phenoxy) is 2. The number of rotatable bonds is 3. The van der Waals surface area contributed by atoms with E-state index in [2.05, 4.69) is 28.9 Å². The van der Waals surface area contributed by atoms with Crippen molar-refractivity contribution in [1.29, 1.82) is 0 Å². The van der Waals surface area contributed by atoms with Crippen LogP contribution in [0.15, 0.2) is 30.3 Å². The fraction of sp³-hybridized carbons (Fsp3) is 0.381.